The largest absolute Gasteiger partial charge is 0.444 e. The summed E-state index contributed by atoms with van der Waals surface area (Å²) in [6.45, 7) is 4.88. The summed E-state index contributed by atoms with van der Waals surface area (Å²) in [6, 6.07) is 15.9. The standard InChI is InChI=1S/C32H39F3N2O2/c1-2-24-17-18-37(21-29(24)38-22-23-13-15-27(16-14-23)32(33,34)35)20-28-19-36-31(39-28)30(25-9-5-3-6-10-25)26-11-7-4-8-12-26/h3,5-6,9-10,13-16,19,24,26,29-30H,2,4,7-8,11-12,17-18,20-22H2,1H3. The number of halogens is 3. The van der Waals surface area contributed by atoms with Gasteiger partial charge >= 0.3 is 6.18 Å². The first-order valence-electron chi connectivity index (χ1n) is 14.4. The molecule has 2 aromatic carbocycles. The number of likely N-dealkylation sites (tertiary alicyclic amines) is 1. The van der Waals surface area contributed by atoms with Crippen molar-refractivity contribution in [3.8, 4) is 0 Å². The fraction of sp³-hybridized carbons (Fsp3) is 0.531. The number of rotatable bonds is 9. The van der Waals surface area contributed by atoms with Crippen molar-refractivity contribution in [3.63, 3.8) is 0 Å². The monoisotopic (exact) mass is 540 g/mol. The normalized spacial score (nSPS) is 22.2. The lowest BCUT2D eigenvalue weighted by atomic mass is 9.77. The van der Waals surface area contributed by atoms with Crippen LogP contribution in [0.3, 0.4) is 0 Å². The van der Waals surface area contributed by atoms with E-state index in [0.717, 1.165) is 55.3 Å². The van der Waals surface area contributed by atoms with Crippen molar-refractivity contribution in [2.75, 3.05) is 13.1 Å². The molecule has 1 aromatic heterocycles. The van der Waals surface area contributed by atoms with Crippen LogP contribution in [0.25, 0.3) is 0 Å². The third kappa shape index (κ3) is 7.12. The van der Waals surface area contributed by atoms with Gasteiger partial charge in [-0.25, -0.2) is 4.98 Å². The van der Waals surface area contributed by atoms with E-state index in [1.54, 1.807) is 0 Å². The maximum atomic E-state index is 12.9. The number of hydrogen-bond acceptors (Lipinski definition) is 4. The predicted molar refractivity (Wildman–Crippen MR) is 145 cm³/mol. The molecule has 0 radical (unpaired) electrons. The zero-order chi connectivity index (χ0) is 27.2. The second-order valence-corrected chi connectivity index (χ2v) is 11.2. The Hall–Kier alpha value is -2.64. The van der Waals surface area contributed by atoms with Crippen LogP contribution < -0.4 is 0 Å². The third-order valence-corrected chi connectivity index (χ3v) is 8.55. The van der Waals surface area contributed by atoms with E-state index in [4.69, 9.17) is 14.1 Å². The fourth-order valence-corrected chi connectivity index (χ4v) is 6.33. The molecule has 1 aliphatic carbocycles. The van der Waals surface area contributed by atoms with Crippen LogP contribution in [0.5, 0.6) is 0 Å². The van der Waals surface area contributed by atoms with Crippen molar-refractivity contribution in [3.05, 3.63) is 89.1 Å². The second kappa shape index (κ2) is 12.7. The van der Waals surface area contributed by atoms with Crippen molar-refractivity contribution in [2.24, 2.45) is 11.8 Å². The maximum absolute atomic E-state index is 12.9. The molecule has 3 atom stereocenters. The molecule has 1 saturated heterocycles. The molecule has 39 heavy (non-hydrogen) atoms. The van der Waals surface area contributed by atoms with E-state index in [9.17, 15) is 13.2 Å². The lowest BCUT2D eigenvalue weighted by Crippen LogP contribution is -2.44. The zero-order valence-electron chi connectivity index (χ0n) is 22.7. The number of aromatic nitrogens is 1. The van der Waals surface area contributed by atoms with Crippen molar-refractivity contribution in [1.29, 1.82) is 0 Å². The number of ether oxygens (including phenoxy) is 1. The van der Waals surface area contributed by atoms with Crippen LogP contribution in [0, 0.1) is 11.8 Å². The van der Waals surface area contributed by atoms with Gasteiger partial charge in [-0.05, 0) is 60.9 Å². The first-order chi connectivity index (χ1) is 18.9. The van der Waals surface area contributed by atoms with Gasteiger partial charge in [0.05, 0.1) is 36.9 Å². The minimum Gasteiger partial charge on any atom is -0.444 e. The minimum absolute atomic E-state index is 0.0211. The number of nitrogens with zero attached hydrogens (tertiary/aromatic N) is 2. The van der Waals surface area contributed by atoms with Gasteiger partial charge in [0.25, 0.3) is 0 Å². The first kappa shape index (κ1) is 27.9. The van der Waals surface area contributed by atoms with Crippen molar-refractivity contribution < 1.29 is 22.3 Å². The summed E-state index contributed by atoms with van der Waals surface area (Å²) in [5.41, 5.74) is 1.40. The highest BCUT2D eigenvalue weighted by molar-refractivity contribution is 5.26. The lowest BCUT2D eigenvalue weighted by Gasteiger charge is -2.37. The Labute approximate surface area is 229 Å². The van der Waals surface area contributed by atoms with E-state index >= 15 is 0 Å². The SMILES string of the molecule is CCC1CCN(Cc2cnc(C(c3ccccc3)C3CCCCC3)o2)CC1OCc1ccc(C(F)(F)F)cc1. The summed E-state index contributed by atoms with van der Waals surface area (Å²) < 4.78 is 51.4. The number of alkyl halides is 3. The minimum atomic E-state index is -4.32. The second-order valence-electron chi connectivity index (χ2n) is 11.2. The van der Waals surface area contributed by atoms with Crippen LogP contribution in [-0.2, 0) is 24.1 Å². The zero-order valence-corrected chi connectivity index (χ0v) is 22.7. The molecular formula is C32H39F3N2O2. The van der Waals surface area contributed by atoms with Crippen molar-refractivity contribution >= 4 is 0 Å². The van der Waals surface area contributed by atoms with Crippen molar-refractivity contribution in [2.45, 2.75) is 83.2 Å². The molecule has 2 aliphatic rings. The van der Waals surface area contributed by atoms with E-state index in [0.29, 0.717) is 25.0 Å². The average Bonchev–Trinajstić information content (AvgIpc) is 3.40. The Kier molecular flexibility index (Phi) is 9.08. The Morgan fingerprint density at radius 3 is 2.44 bits per heavy atom. The summed E-state index contributed by atoms with van der Waals surface area (Å²) in [5, 5.41) is 0. The Morgan fingerprint density at radius 1 is 1.00 bits per heavy atom. The molecule has 3 unspecified atom stereocenters. The van der Waals surface area contributed by atoms with Crippen LogP contribution in [0.4, 0.5) is 13.2 Å². The molecular weight excluding hydrogens is 501 g/mol. The van der Waals surface area contributed by atoms with Gasteiger partial charge in [0, 0.05) is 6.54 Å². The van der Waals surface area contributed by atoms with E-state index < -0.39 is 11.7 Å². The summed E-state index contributed by atoms with van der Waals surface area (Å²) in [7, 11) is 0. The van der Waals surface area contributed by atoms with Crippen LogP contribution >= 0.6 is 0 Å². The molecule has 5 rings (SSSR count). The molecule has 4 nitrogen and oxygen atoms in total. The highest BCUT2D eigenvalue weighted by atomic mass is 19.4. The summed E-state index contributed by atoms with van der Waals surface area (Å²) in [5.74, 6) is 2.86. The topological polar surface area (TPSA) is 38.5 Å². The molecule has 2 heterocycles. The third-order valence-electron chi connectivity index (χ3n) is 8.55. The fourth-order valence-electron chi connectivity index (χ4n) is 6.33. The van der Waals surface area contributed by atoms with Gasteiger partial charge in [0.1, 0.15) is 5.76 Å². The Balaban J connectivity index is 1.23. The molecule has 7 heteroatoms. The number of benzene rings is 2. The van der Waals surface area contributed by atoms with Gasteiger partial charge < -0.3 is 9.15 Å². The Morgan fingerprint density at radius 2 is 1.74 bits per heavy atom. The van der Waals surface area contributed by atoms with Gasteiger partial charge in [0.15, 0.2) is 0 Å². The molecule has 1 saturated carbocycles. The summed E-state index contributed by atoms with van der Waals surface area (Å²) in [4.78, 5) is 7.13. The average molecular weight is 541 g/mol. The van der Waals surface area contributed by atoms with Crippen LogP contribution in [0.1, 0.15) is 86.1 Å². The van der Waals surface area contributed by atoms with E-state index in [2.05, 4.69) is 42.2 Å². The van der Waals surface area contributed by atoms with E-state index in [-0.39, 0.29) is 12.0 Å². The molecule has 1 aliphatic heterocycles. The van der Waals surface area contributed by atoms with Gasteiger partial charge in [-0.15, -0.1) is 0 Å². The molecule has 2 fully saturated rings. The molecule has 0 N–H and O–H groups in total. The molecule has 0 bridgehead atoms. The summed E-state index contributed by atoms with van der Waals surface area (Å²) >= 11 is 0. The van der Waals surface area contributed by atoms with Gasteiger partial charge in [-0.1, -0.05) is 75.1 Å². The molecule has 3 aromatic rings. The van der Waals surface area contributed by atoms with Crippen LogP contribution in [-0.4, -0.2) is 29.1 Å². The number of hydrogen-bond donors (Lipinski definition) is 0. The lowest BCUT2D eigenvalue weighted by molar-refractivity contribution is -0.137. The summed E-state index contributed by atoms with van der Waals surface area (Å²) in [6.07, 6.45) is 5.87. The molecule has 0 amide bonds. The highest BCUT2D eigenvalue weighted by Crippen LogP contribution is 2.40. The number of oxazole rings is 1. The Bertz CT molecular complexity index is 1160. The molecule has 0 spiro atoms. The smallest absolute Gasteiger partial charge is 0.416 e. The highest BCUT2D eigenvalue weighted by Gasteiger charge is 2.33. The van der Waals surface area contributed by atoms with Gasteiger partial charge in [0.2, 0.25) is 5.89 Å². The van der Waals surface area contributed by atoms with Crippen molar-refractivity contribution in [1.82, 2.24) is 9.88 Å². The van der Waals surface area contributed by atoms with E-state index in [1.807, 2.05) is 6.20 Å². The van der Waals surface area contributed by atoms with E-state index in [1.165, 1.54) is 49.8 Å². The number of piperidine rings is 1. The maximum Gasteiger partial charge on any atom is 0.416 e. The predicted octanol–water partition coefficient (Wildman–Crippen LogP) is 8.22. The molecule has 210 valence electrons. The van der Waals surface area contributed by atoms with Gasteiger partial charge in [-0.3, -0.25) is 4.90 Å². The van der Waals surface area contributed by atoms with Crippen LogP contribution in [0.15, 0.2) is 65.2 Å². The quantitative estimate of drug-likeness (QED) is 0.274. The van der Waals surface area contributed by atoms with Crippen LogP contribution in [0.2, 0.25) is 0 Å². The van der Waals surface area contributed by atoms with Gasteiger partial charge in [-0.2, -0.15) is 13.2 Å². The first-order valence-corrected chi connectivity index (χ1v) is 14.4.